The van der Waals surface area contributed by atoms with Crippen molar-refractivity contribution < 1.29 is 14.7 Å². The van der Waals surface area contributed by atoms with Gasteiger partial charge in [-0.2, -0.15) is 11.8 Å². The first-order valence-corrected chi connectivity index (χ1v) is 8.04. The van der Waals surface area contributed by atoms with Crippen LogP contribution in [0.4, 0.5) is 0 Å². The number of pyridine rings is 1. The van der Waals surface area contributed by atoms with Crippen LogP contribution in [0.25, 0.3) is 6.08 Å². The molecule has 21 heavy (non-hydrogen) atoms. The van der Waals surface area contributed by atoms with Gasteiger partial charge in [-0.1, -0.05) is 6.07 Å². The van der Waals surface area contributed by atoms with Gasteiger partial charge in [0.15, 0.2) is 0 Å². The zero-order valence-electron chi connectivity index (χ0n) is 11.6. The molecule has 112 valence electrons. The van der Waals surface area contributed by atoms with Gasteiger partial charge < -0.3 is 10.4 Å². The average Bonchev–Trinajstić information content (AvgIpc) is 2.52. The van der Waals surface area contributed by atoms with Crippen LogP contribution in [0.3, 0.4) is 0 Å². The van der Waals surface area contributed by atoms with Gasteiger partial charge in [0.05, 0.1) is 0 Å². The van der Waals surface area contributed by atoms with E-state index in [1.165, 1.54) is 12.3 Å². The largest absolute Gasteiger partial charge is 0.478 e. The Labute approximate surface area is 127 Å². The molecule has 0 radical (unpaired) electrons. The summed E-state index contributed by atoms with van der Waals surface area (Å²) in [4.78, 5) is 26.8. The Hall–Kier alpha value is -1.82. The standard InChI is InChI=1S/C15H18N2O3S/c18-13(19)4-3-12-2-1-7-16-14(12)15(20)17-10-11-5-8-21-9-6-11/h1-4,7,11H,5-6,8-10H2,(H,17,20)(H,18,19)/b4-3+. The monoisotopic (exact) mass is 306 g/mol. The van der Waals surface area contributed by atoms with Gasteiger partial charge in [0.1, 0.15) is 5.69 Å². The summed E-state index contributed by atoms with van der Waals surface area (Å²) in [6.07, 6.45) is 6.18. The summed E-state index contributed by atoms with van der Waals surface area (Å²) in [6, 6.07) is 3.36. The predicted octanol–water partition coefficient (Wildman–Crippen LogP) is 2.05. The van der Waals surface area contributed by atoms with E-state index in [1.54, 1.807) is 12.1 Å². The molecular formula is C15H18N2O3S. The first-order chi connectivity index (χ1) is 10.2. The number of carboxylic acids is 1. The lowest BCUT2D eigenvalue weighted by Gasteiger charge is -2.21. The first-order valence-electron chi connectivity index (χ1n) is 6.89. The number of carboxylic acid groups (broad SMARTS) is 1. The number of carbonyl (C=O) groups is 2. The van der Waals surface area contributed by atoms with Gasteiger partial charge in [0, 0.05) is 24.4 Å². The number of nitrogens with zero attached hydrogens (tertiary/aromatic N) is 1. The van der Waals surface area contributed by atoms with E-state index in [9.17, 15) is 9.59 Å². The third kappa shape index (κ3) is 4.90. The molecule has 0 unspecified atom stereocenters. The van der Waals surface area contributed by atoms with E-state index in [0.29, 0.717) is 18.0 Å². The highest BCUT2D eigenvalue weighted by molar-refractivity contribution is 7.99. The highest BCUT2D eigenvalue weighted by Crippen LogP contribution is 2.22. The van der Waals surface area contributed by atoms with Crippen molar-refractivity contribution in [2.45, 2.75) is 12.8 Å². The second kappa shape index (κ2) is 7.83. The Morgan fingerprint density at radius 2 is 2.19 bits per heavy atom. The van der Waals surface area contributed by atoms with E-state index in [1.807, 2.05) is 11.8 Å². The van der Waals surface area contributed by atoms with E-state index in [2.05, 4.69) is 10.3 Å². The average molecular weight is 306 g/mol. The van der Waals surface area contributed by atoms with Crippen LogP contribution in [0, 0.1) is 5.92 Å². The Morgan fingerprint density at radius 3 is 2.90 bits per heavy atom. The normalized spacial score (nSPS) is 16.0. The van der Waals surface area contributed by atoms with E-state index >= 15 is 0 Å². The number of hydrogen-bond acceptors (Lipinski definition) is 4. The Kier molecular flexibility index (Phi) is 5.80. The van der Waals surface area contributed by atoms with Crippen molar-refractivity contribution >= 4 is 29.7 Å². The number of rotatable bonds is 5. The Morgan fingerprint density at radius 1 is 1.43 bits per heavy atom. The van der Waals surface area contributed by atoms with Crippen molar-refractivity contribution in [2.24, 2.45) is 5.92 Å². The van der Waals surface area contributed by atoms with Crippen LogP contribution >= 0.6 is 11.8 Å². The van der Waals surface area contributed by atoms with Gasteiger partial charge in [-0.3, -0.25) is 9.78 Å². The summed E-state index contributed by atoms with van der Waals surface area (Å²) in [5, 5.41) is 11.6. The maximum Gasteiger partial charge on any atom is 0.328 e. The van der Waals surface area contributed by atoms with Crippen molar-refractivity contribution in [1.82, 2.24) is 10.3 Å². The molecule has 5 nitrogen and oxygen atoms in total. The molecule has 2 N–H and O–H groups in total. The third-order valence-corrected chi connectivity index (χ3v) is 4.40. The van der Waals surface area contributed by atoms with Crippen LogP contribution in [-0.4, -0.2) is 40.0 Å². The lowest BCUT2D eigenvalue weighted by molar-refractivity contribution is -0.131. The smallest absolute Gasteiger partial charge is 0.328 e. The summed E-state index contributed by atoms with van der Waals surface area (Å²) in [5.74, 6) is 1.52. The number of amides is 1. The van der Waals surface area contributed by atoms with Gasteiger partial charge in [-0.25, -0.2) is 4.79 Å². The molecule has 1 aliphatic rings. The molecule has 1 aromatic heterocycles. The van der Waals surface area contributed by atoms with E-state index in [0.717, 1.165) is 30.4 Å². The van der Waals surface area contributed by atoms with Crippen molar-refractivity contribution in [3.05, 3.63) is 35.7 Å². The number of hydrogen-bond donors (Lipinski definition) is 2. The van der Waals surface area contributed by atoms with Crippen LogP contribution in [0.2, 0.25) is 0 Å². The maximum atomic E-state index is 12.2. The molecule has 0 saturated carbocycles. The fraction of sp³-hybridized carbons (Fsp3) is 0.400. The van der Waals surface area contributed by atoms with Gasteiger partial charge in [0.2, 0.25) is 0 Å². The van der Waals surface area contributed by atoms with Gasteiger partial charge in [0.25, 0.3) is 5.91 Å². The minimum atomic E-state index is -1.05. The molecule has 1 saturated heterocycles. The molecule has 0 spiro atoms. The first kappa shape index (κ1) is 15.6. The molecule has 1 amide bonds. The van der Waals surface area contributed by atoms with Crippen LogP contribution in [0.15, 0.2) is 24.4 Å². The van der Waals surface area contributed by atoms with Crippen molar-refractivity contribution in [3.63, 3.8) is 0 Å². The second-order valence-electron chi connectivity index (χ2n) is 4.88. The lowest BCUT2D eigenvalue weighted by atomic mass is 10.0. The molecule has 0 aromatic carbocycles. The van der Waals surface area contributed by atoms with E-state index in [-0.39, 0.29) is 11.6 Å². The zero-order valence-corrected chi connectivity index (χ0v) is 12.4. The summed E-state index contributed by atoms with van der Waals surface area (Å²) in [6.45, 7) is 0.651. The summed E-state index contributed by atoms with van der Waals surface area (Å²) in [7, 11) is 0. The van der Waals surface area contributed by atoms with Crippen LogP contribution < -0.4 is 5.32 Å². The SMILES string of the molecule is O=C(O)/C=C/c1cccnc1C(=O)NCC1CCSCC1. The fourth-order valence-electron chi connectivity index (χ4n) is 2.17. The van der Waals surface area contributed by atoms with Crippen molar-refractivity contribution in [3.8, 4) is 0 Å². The van der Waals surface area contributed by atoms with Crippen LogP contribution in [0.5, 0.6) is 0 Å². The minimum Gasteiger partial charge on any atom is -0.478 e. The summed E-state index contributed by atoms with van der Waals surface area (Å²) >= 11 is 1.95. The Bertz CT molecular complexity index is 539. The van der Waals surface area contributed by atoms with Crippen molar-refractivity contribution in [2.75, 3.05) is 18.1 Å². The van der Waals surface area contributed by atoms with Crippen LogP contribution in [-0.2, 0) is 4.79 Å². The third-order valence-electron chi connectivity index (χ3n) is 3.35. The van der Waals surface area contributed by atoms with Crippen LogP contribution in [0.1, 0.15) is 28.9 Å². The molecule has 0 atom stereocenters. The number of thioether (sulfide) groups is 1. The molecule has 6 heteroatoms. The second-order valence-corrected chi connectivity index (χ2v) is 6.10. The predicted molar refractivity (Wildman–Crippen MR) is 83.3 cm³/mol. The highest BCUT2D eigenvalue weighted by atomic mass is 32.2. The molecule has 2 rings (SSSR count). The number of aliphatic carboxylic acids is 1. The molecule has 2 heterocycles. The molecule has 1 aliphatic heterocycles. The zero-order chi connectivity index (χ0) is 15.1. The highest BCUT2D eigenvalue weighted by Gasteiger charge is 2.16. The van der Waals surface area contributed by atoms with Gasteiger partial charge >= 0.3 is 5.97 Å². The molecule has 1 aromatic rings. The Balaban J connectivity index is 1.99. The topological polar surface area (TPSA) is 79.3 Å². The summed E-state index contributed by atoms with van der Waals surface area (Å²) < 4.78 is 0. The summed E-state index contributed by atoms with van der Waals surface area (Å²) in [5.41, 5.74) is 0.775. The van der Waals surface area contributed by atoms with E-state index in [4.69, 9.17) is 5.11 Å². The quantitative estimate of drug-likeness (QED) is 0.814. The number of aromatic nitrogens is 1. The molecular weight excluding hydrogens is 288 g/mol. The number of carbonyl (C=O) groups excluding carboxylic acids is 1. The van der Waals surface area contributed by atoms with E-state index < -0.39 is 5.97 Å². The number of nitrogens with one attached hydrogen (secondary N) is 1. The maximum absolute atomic E-state index is 12.2. The van der Waals surface area contributed by atoms with Gasteiger partial charge in [-0.15, -0.1) is 0 Å². The molecule has 1 fully saturated rings. The molecule has 0 bridgehead atoms. The molecule has 0 aliphatic carbocycles. The van der Waals surface area contributed by atoms with Gasteiger partial charge in [-0.05, 0) is 42.4 Å². The minimum absolute atomic E-state index is 0.251. The van der Waals surface area contributed by atoms with Crippen molar-refractivity contribution in [1.29, 1.82) is 0 Å². The fourth-order valence-corrected chi connectivity index (χ4v) is 3.38. The lowest BCUT2D eigenvalue weighted by Crippen LogP contribution is -2.31.